The Hall–Kier alpha value is -0.350. The molecule has 1 nitrogen and oxygen atoms in total. The number of halogens is 2. The summed E-state index contributed by atoms with van der Waals surface area (Å²) >= 11 is 11.6. The number of rotatable bonds is 4. The zero-order chi connectivity index (χ0) is 13.1. The Morgan fingerprint density at radius 1 is 1.39 bits per heavy atom. The van der Waals surface area contributed by atoms with Crippen molar-refractivity contribution in [1.29, 1.82) is 0 Å². The van der Waals surface area contributed by atoms with Crippen molar-refractivity contribution >= 4 is 38.9 Å². The monoisotopic (exact) mass is 343 g/mol. The Kier molecular flexibility index (Phi) is 4.84. The molecule has 1 atom stereocenters. The molecule has 0 amide bonds. The van der Waals surface area contributed by atoms with Crippen molar-refractivity contribution in [2.24, 2.45) is 0 Å². The van der Waals surface area contributed by atoms with Gasteiger partial charge < -0.3 is 5.32 Å². The topological polar surface area (TPSA) is 12.0 Å². The van der Waals surface area contributed by atoms with Crippen LogP contribution in [0.25, 0.3) is 0 Å². The number of hydrogen-bond acceptors (Lipinski definition) is 2. The van der Waals surface area contributed by atoms with Crippen molar-refractivity contribution in [3.63, 3.8) is 0 Å². The zero-order valence-corrected chi connectivity index (χ0v) is 13.5. The van der Waals surface area contributed by atoms with Gasteiger partial charge in [-0.05, 0) is 42.1 Å². The number of thiophene rings is 1. The molecule has 18 heavy (non-hydrogen) atoms. The molecule has 0 fully saturated rings. The Morgan fingerprint density at radius 2 is 2.17 bits per heavy atom. The van der Waals surface area contributed by atoms with E-state index in [9.17, 15) is 0 Å². The van der Waals surface area contributed by atoms with Crippen molar-refractivity contribution in [2.75, 3.05) is 6.54 Å². The van der Waals surface area contributed by atoms with Gasteiger partial charge in [-0.15, -0.1) is 11.3 Å². The minimum atomic E-state index is 0.150. The average molecular weight is 345 g/mol. The molecule has 0 saturated heterocycles. The number of hydrogen-bond donors (Lipinski definition) is 1. The van der Waals surface area contributed by atoms with Crippen LogP contribution in [0.5, 0.6) is 0 Å². The third kappa shape index (κ3) is 2.97. The van der Waals surface area contributed by atoms with E-state index in [4.69, 9.17) is 11.6 Å². The van der Waals surface area contributed by atoms with E-state index in [-0.39, 0.29) is 6.04 Å². The summed E-state index contributed by atoms with van der Waals surface area (Å²) in [5.41, 5.74) is 2.48. The molecular weight excluding hydrogens is 330 g/mol. The molecule has 96 valence electrons. The van der Waals surface area contributed by atoms with Crippen LogP contribution in [-0.2, 0) is 0 Å². The molecular formula is C14H15BrClNS. The molecule has 0 aliphatic carbocycles. The van der Waals surface area contributed by atoms with Gasteiger partial charge in [0.2, 0.25) is 0 Å². The second-order valence-electron chi connectivity index (χ2n) is 4.15. The van der Waals surface area contributed by atoms with Crippen LogP contribution in [0.2, 0.25) is 5.02 Å². The fourth-order valence-electron chi connectivity index (χ4n) is 1.93. The molecule has 1 aromatic carbocycles. The number of benzene rings is 1. The van der Waals surface area contributed by atoms with Gasteiger partial charge in [-0.3, -0.25) is 0 Å². The molecule has 2 aromatic rings. The lowest BCUT2D eigenvalue weighted by Gasteiger charge is -2.19. The molecule has 0 aliphatic rings. The van der Waals surface area contributed by atoms with Crippen LogP contribution in [0.1, 0.15) is 29.0 Å². The van der Waals surface area contributed by atoms with E-state index in [1.54, 1.807) is 11.3 Å². The van der Waals surface area contributed by atoms with E-state index in [0.717, 1.165) is 16.0 Å². The molecule has 0 saturated carbocycles. The highest BCUT2D eigenvalue weighted by Gasteiger charge is 2.19. The third-order valence-electron chi connectivity index (χ3n) is 2.78. The van der Waals surface area contributed by atoms with Crippen LogP contribution in [0, 0.1) is 6.92 Å². The Bertz CT molecular complexity index is 538. The minimum absolute atomic E-state index is 0.150. The van der Waals surface area contributed by atoms with Crippen LogP contribution >= 0.6 is 38.9 Å². The van der Waals surface area contributed by atoms with Gasteiger partial charge in [-0.25, -0.2) is 0 Å². The summed E-state index contributed by atoms with van der Waals surface area (Å²) < 4.78 is 1.12. The predicted molar refractivity (Wildman–Crippen MR) is 83.7 cm³/mol. The van der Waals surface area contributed by atoms with Gasteiger partial charge in [-0.1, -0.05) is 46.6 Å². The predicted octanol–water partition coefficient (Wildman–Crippen LogP) is 5.17. The molecule has 1 aromatic heterocycles. The first-order valence-electron chi connectivity index (χ1n) is 5.85. The first-order chi connectivity index (χ1) is 8.63. The van der Waals surface area contributed by atoms with Crippen LogP contribution in [0.3, 0.4) is 0 Å². The zero-order valence-electron chi connectivity index (χ0n) is 10.3. The summed E-state index contributed by atoms with van der Waals surface area (Å²) in [4.78, 5) is 1.17. The molecule has 1 unspecified atom stereocenters. The summed E-state index contributed by atoms with van der Waals surface area (Å²) in [6.07, 6.45) is 0. The quantitative estimate of drug-likeness (QED) is 0.806. The summed E-state index contributed by atoms with van der Waals surface area (Å²) in [5, 5.41) is 6.36. The summed E-state index contributed by atoms with van der Waals surface area (Å²) in [7, 11) is 0. The van der Waals surface area contributed by atoms with Crippen molar-refractivity contribution in [3.8, 4) is 0 Å². The van der Waals surface area contributed by atoms with Gasteiger partial charge in [0.25, 0.3) is 0 Å². The first-order valence-corrected chi connectivity index (χ1v) is 7.91. The van der Waals surface area contributed by atoms with E-state index >= 15 is 0 Å². The lowest BCUT2D eigenvalue weighted by atomic mass is 10.0. The highest BCUT2D eigenvalue weighted by atomic mass is 79.9. The normalized spacial score (nSPS) is 12.7. The number of aryl methyl sites for hydroxylation is 1. The van der Waals surface area contributed by atoms with Gasteiger partial charge in [0.05, 0.1) is 11.1 Å². The molecule has 1 N–H and O–H groups in total. The molecule has 0 spiro atoms. The largest absolute Gasteiger partial charge is 0.306 e. The lowest BCUT2D eigenvalue weighted by Crippen LogP contribution is -2.21. The number of nitrogens with one attached hydrogen (secondary N) is 1. The second kappa shape index (κ2) is 6.20. The summed E-state index contributed by atoms with van der Waals surface area (Å²) in [6, 6.07) is 8.53. The van der Waals surface area contributed by atoms with Crippen LogP contribution in [0.4, 0.5) is 0 Å². The maximum absolute atomic E-state index is 6.26. The molecule has 4 heteroatoms. The third-order valence-corrected chi connectivity index (χ3v) is 4.89. The lowest BCUT2D eigenvalue weighted by molar-refractivity contribution is 0.637. The van der Waals surface area contributed by atoms with Crippen molar-refractivity contribution in [3.05, 3.63) is 55.1 Å². The van der Waals surface area contributed by atoms with E-state index in [2.05, 4.69) is 53.3 Å². The Morgan fingerprint density at radius 3 is 2.72 bits per heavy atom. The summed E-state index contributed by atoms with van der Waals surface area (Å²) in [5.74, 6) is 0. The van der Waals surface area contributed by atoms with E-state index in [1.165, 1.54) is 16.0 Å². The van der Waals surface area contributed by atoms with Crippen LogP contribution < -0.4 is 5.32 Å². The maximum atomic E-state index is 6.26. The van der Waals surface area contributed by atoms with Gasteiger partial charge in [0.15, 0.2) is 0 Å². The van der Waals surface area contributed by atoms with Crippen molar-refractivity contribution < 1.29 is 0 Å². The van der Waals surface area contributed by atoms with E-state index in [0.29, 0.717) is 0 Å². The van der Waals surface area contributed by atoms with Gasteiger partial charge in [-0.2, -0.15) is 0 Å². The molecule has 0 bridgehead atoms. The van der Waals surface area contributed by atoms with Crippen LogP contribution in [0.15, 0.2) is 34.1 Å². The van der Waals surface area contributed by atoms with Gasteiger partial charge in [0, 0.05) is 9.35 Å². The highest BCUT2D eigenvalue weighted by molar-refractivity contribution is 9.10. The fourth-order valence-corrected chi connectivity index (χ4v) is 3.91. The minimum Gasteiger partial charge on any atom is -0.306 e. The van der Waals surface area contributed by atoms with Gasteiger partial charge in [0.1, 0.15) is 0 Å². The van der Waals surface area contributed by atoms with Crippen molar-refractivity contribution in [2.45, 2.75) is 19.9 Å². The SMILES string of the molecule is CCNC(c1ccc(C)cc1Br)c1sccc1Cl. The molecule has 0 aliphatic heterocycles. The maximum Gasteiger partial charge on any atom is 0.0697 e. The Balaban J connectivity index is 2.45. The summed E-state index contributed by atoms with van der Waals surface area (Å²) in [6.45, 7) is 5.10. The van der Waals surface area contributed by atoms with E-state index in [1.807, 2.05) is 11.4 Å². The molecule has 0 radical (unpaired) electrons. The standard InChI is InChI=1S/C14H15BrClNS/c1-3-17-13(14-12(16)6-7-18-14)10-5-4-9(2)8-11(10)15/h4-8,13,17H,3H2,1-2H3. The Labute approximate surface area is 125 Å². The second-order valence-corrected chi connectivity index (χ2v) is 6.36. The average Bonchev–Trinajstić information content (AvgIpc) is 2.73. The van der Waals surface area contributed by atoms with Gasteiger partial charge >= 0.3 is 0 Å². The smallest absolute Gasteiger partial charge is 0.0697 e. The molecule has 1 heterocycles. The molecule has 2 rings (SSSR count). The fraction of sp³-hybridized carbons (Fsp3) is 0.286. The highest BCUT2D eigenvalue weighted by Crippen LogP contribution is 2.36. The van der Waals surface area contributed by atoms with Crippen molar-refractivity contribution in [1.82, 2.24) is 5.32 Å². The van der Waals surface area contributed by atoms with E-state index < -0.39 is 0 Å². The van der Waals surface area contributed by atoms with Crippen LogP contribution in [-0.4, -0.2) is 6.54 Å². The first kappa shape index (κ1) is 14.1.